The van der Waals surface area contributed by atoms with E-state index in [2.05, 4.69) is 22.3 Å². The Morgan fingerprint density at radius 2 is 2.26 bits per heavy atom. The first kappa shape index (κ1) is 13.8. The largest absolute Gasteiger partial charge is 0.443 e. The lowest BCUT2D eigenvalue weighted by molar-refractivity contribution is 0.199. The summed E-state index contributed by atoms with van der Waals surface area (Å²) in [6.07, 6.45) is 4.32. The van der Waals surface area contributed by atoms with Gasteiger partial charge in [0.2, 0.25) is 0 Å². The van der Waals surface area contributed by atoms with E-state index < -0.39 is 0 Å². The van der Waals surface area contributed by atoms with E-state index in [1.54, 1.807) is 11.8 Å². The summed E-state index contributed by atoms with van der Waals surface area (Å²) in [6.45, 7) is 4.21. The summed E-state index contributed by atoms with van der Waals surface area (Å²) in [5, 5.41) is 7.69. The van der Waals surface area contributed by atoms with Crippen molar-refractivity contribution in [1.82, 2.24) is 20.1 Å². The molecule has 2 rings (SSSR count). The summed E-state index contributed by atoms with van der Waals surface area (Å²) in [5.74, 6) is 0.801. The van der Waals surface area contributed by atoms with Crippen LogP contribution in [0.25, 0.3) is 11.3 Å². The topological polar surface area (TPSA) is 65.1 Å². The summed E-state index contributed by atoms with van der Waals surface area (Å²) in [6, 6.07) is 0. The van der Waals surface area contributed by atoms with Crippen molar-refractivity contribution in [2.24, 2.45) is 7.05 Å². The first-order valence-corrected chi connectivity index (χ1v) is 6.41. The minimum atomic E-state index is 0.660. The molecule has 0 radical (unpaired) electrons. The smallest absolute Gasteiger partial charge is 0.181 e. The molecule has 0 spiro atoms. The zero-order valence-corrected chi connectivity index (χ0v) is 11.6. The van der Waals surface area contributed by atoms with Gasteiger partial charge in [-0.3, -0.25) is 4.68 Å². The van der Waals surface area contributed by atoms with E-state index in [1.807, 2.05) is 13.2 Å². The predicted molar refractivity (Wildman–Crippen MR) is 71.7 cm³/mol. The van der Waals surface area contributed by atoms with Gasteiger partial charge in [0.1, 0.15) is 5.69 Å². The summed E-state index contributed by atoms with van der Waals surface area (Å²) >= 11 is 0. The number of oxazole rings is 1. The second-order valence-electron chi connectivity index (χ2n) is 4.31. The highest BCUT2D eigenvalue weighted by Crippen LogP contribution is 2.26. The Morgan fingerprint density at radius 1 is 1.42 bits per heavy atom. The summed E-state index contributed by atoms with van der Waals surface area (Å²) in [7, 11) is 3.60. The number of nitrogens with zero attached hydrogens (tertiary/aromatic N) is 3. The zero-order chi connectivity index (χ0) is 13.7. The second kappa shape index (κ2) is 6.49. The van der Waals surface area contributed by atoms with Crippen molar-refractivity contribution in [3.63, 3.8) is 0 Å². The van der Waals surface area contributed by atoms with E-state index in [0.29, 0.717) is 13.2 Å². The van der Waals surface area contributed by atoms with Crippen LogP contribution in [0.3, 0.4) is 0 Å². The summed E-state index contributed by atoms with van der Waals surface area (Å²) < 4.78 is 12.3. The summed E-state index contributed by atoms with van der Waals surface area (Å²) in [5.41, 5.74) is 2.95. The quantitative estimate of drug-likeness (QED) is 0.765. The van der Waals surface area contributed by atoms with Gasteiger partial charge in [-0.15, -0.1) is 0 Å². The molecular weight excluding hydrogens is 244 g/mol. The van der Waals surface area contributed by atoms with Gasteiger partial charge in [0.05, 0.1) is 17.9 Å². The van der Waals surface area contributed by atoms with Crippen LogP contribution >= 0.6 is 0 Å². The molecule has 0 aliphatic heterocycles. The van der Waals surface area contributed by atoms with Crippen molar-refractivity contribution in [2.45, 2.75) is 19.9 Å². The molecule has 2 aromatic rings. The summed E-state index contributed by atoms with van der Waals surface area (Å²) in [4.78, 5) is 4.27. The molecule has 2 aromatic heterocycles. The van der Waals surface area contributed by atoms with E-state index in [9.17, 15) is 0 Å². The number of hydrogen-bond donors (Lipinski definition) is 1. The van der Waals surface area contributed by atoms with Crippen LogP contribution in [-0.4, -0.2) is 35.0 Å². The Balaban J connectivity index is 2.14. The maximum absolute atomic E-state index is 5.53. The Hall–Kier alpha value is -1.66. The van der Waals surface area contributed by atoms with Gasteiger partial charge < -0.3 is 14.5 Å². The molecule has 0 unspecified atom stereocenters. The lowest BCUT2D eigenvalue weighted by Gasteiger charge is -2.03. The molecule has 0 aliphatic carbocycles. The van der Waals surface area contributed by atoms with Gasteiger partial charge in [-0.1, -0.05) is 6.92 Å². The van der Waals surface area contributed by atoms with Gasteiger partial charge in [-0.05, 0) is 6.42 Å². The van der Waals surface area contributed by atoms with Gasteiger partial charge >= 0.3 is 0 Å². The zero-order valence-electron chi connectivity index (χ0n) is 11.6. The van der Waals surface area contributed by atoms with Crippen molar-refractivity contribution >= 4 is 0 Å². The lowest BCUT2D eigenvalue weighted by Crippen LogP contribution is -2.19. The Labute approximate surface area is 112 Å². The molecule has 0 fully saturated rings. The molecule has 6 nitrogen and oxygen atoms in total. The molecular formula is C13H20N4O2. The number of aromatic nitrogens is 3. The van der Waals surface area contributed by atoms with E-state index in [4.69, 9.17) is 9.15 Å². The van der Waals surface area contributed by atoms with Gasteiger partial charge in [0, 0.05) is 33.4 Å². The predicted octanol–water partition coefficient (Wildman–Crippen LogP) is 1.37. The Morgan fingerprint density at radius 3 is 3.00 bits per heavy atom. The van der Waals surface area contributed by atoms with Gasteiger partial charge in [0.15, 0.2) is 12.2 Å². The van der Waals surface area contributed by atoms with Crippen molar-refractivity contribution in [1.29, 1.82) is 0 Å². The van der Waals surface area contributed by atoms with Crippen LogP contribution in [0.2, 0.25) is 0 Å². The van der Waals surface area contributed by atoms with Crippen LogP contribution in [0.5, 0.6) is 0 Å². The molecule has 0 atom stereocenters. The van der Waals surface area contributed by atoms with E-state index in [-0.39, 0.29) is 0 Å². The second-order valence-corrected chi connectivity index (χ2v) is 4.31. The average Bonchev–Trinajstić information content (AvgIpc) is 3.00. The third kappa shape index (κ3) is 3.21. The van der Waals surface area contributed by atoms with Crippen molar-refractivity contribution in [3.8, 4) is 11.3 Å². The lowest BCUT2D eigenvalue weighted by atomic mass is 10.1. The third-order valence-corrected chi connectivity index (χ3v) is 2.90. The van der Waals surface area contributed by atoms with Gasteiger partial charge in [0.25, 0.3) is 0 Å². The Bertz CT molecular complexity index is 518. The normalized spacial score (nSPS) is 11.1. The van der Waals surface area contributed by atoms with Crippen LogP contribution in [0, 0.1) is 0 Å². The maximum Gasteiger partial charge on any atom is 0.181 e. The van der Waals surface area contributed by atoms with E-state index in [0.717, 1.165) is 35.7 Å². The van der Waals surface area contributed by atoms with Crippen LogP contribution < -0.4 is 5.32 Å². The first-order chi connectivity index (χ1) is 9.26. The number of methoxy groups -OCH3 is 1. The molecule has 0 aromatic carbocycles. The molecule has 0 saturated carbocycles. The highest BCUT2D eigenvalue weighted by atomic mass is 16.5. The van der Waals surface area contributed by atoms with Crippen LogP contribution in [0.1, 0.15) is 18.3 Å². The fourth-order valence-electron chi connectivity index (χ4n) is 1.98. The van der Waals surface area contributed by atoms with Crippen molar-refractivity contribution in [2.75, 3.05) is 20.3 Å². The minimum absolute atomic E-state index is 0.660. The highest BCUT2D eigenvalue weighted by molar-refractivity contribution is 5.61. The van der Waals surface area contributed by atoms with Crippen LogP contribution in [0.4, 0.5) is 0 Å². The molecule has 2 heterocycles. The van der Waals surface area contributed by atoms with Gasteiger partial charge in [-0.2, -0.15) is 5.10 Å². The number of aryl methyl sites for hydroxylation is 2. The van der Waals surface area contributed by atoms with E-state index in [1.165, 1.54) is 6.39 Å². The minimum Gasteiger partial charge on any atom is -0.443 e. The monoisotopic (exact) mass is 264 g/mol. The molecule has 0 saturated heterocycles. The van der Waals surface area contributed by atoms with Crippen LogP contribution in [-0.2, 0) is 24.8 Å². The van der Waals surface area contributed by atoms with E-state index >= 15 is 0 Å². The number of rotatable bonds is 7. The molecule has 1 N–H and O–H groups in total. The molecule has 104 valence electrons. The first-order valence-electron chi connectivity index (χ1n) is 6.41. The standard InChI is InChI=1S/C13H20N4O2/c1-4-11-10(8-17(2)16-11)13-12(15-9-19-13)7-14-5-6-18-3/h8-9,14H,4-7H2,1-3H3. The SMILES string of the molecule is CCc1nn(C)cc1-c1ocnc1CNCCOC. The number of ether oxygens (including phenoxy) is 1. The fraction of sp³-hybridized carbons (Fsp3) is 0.538. The molecule has 6 heteroatoms. The number of nitrogens with one attached hydrogen (secondary N) is 1. The maximum atomic E-state index is 5.53. The molecule has 0 amide bonds. The van der Waals surface area contributed by atoms with Gasteiger partial charge in [-0.25, -0.2) is 4.98 Å². The average molecular weight is 264 g/mol. The molecule has 19 heavy (non-hydrogen) atoms. The fourth-order valence-corrected chi connectivity index (χ4v) is 1.98. The molecule has 0 bridgehead atoms. The van der Waals surface area contributed by atoms with Crippen molar-refractivity contribution < 1.29 is 9.15 Å². The molecule has 0 aliphatic rings. The van der Waals surface area contributed by atoms with Crippen LogP contribution in [0.15, 0.2) is 17.0 Å². The third-order valence-electron chi connectivity index (χ3n) is 2.90. The highest BCUT2D eigenvalue weighted by Gasteiger charge is 2.16. The number of hydrogen-bond acceptors (Lipinski definition) is 5. The Kier molecular flexibility index (Phi) is 4.70. The van der Waals surface area contributed by atoms with Crippen molar-refractivity contribution in [3.05, 3.63) is 24.0 Å².